The predicted molar refractivity (Wildman–Crippen MR) is 105 cm³/mol. The quantitative estimate of drug-likeness (QED) is 0.685. The molecule has 0 radical (unpaired) electrons. The Morgan fingerprint density at radius 1 is 1.19 bits per heavy atom. The molecule has 2 heterocycles. The highest BCUT2D eigenvalue weighted by Gasteiger charge is 2.23. The Morgan fingerprint density at radius 2 is 1.93 bits per heavy atom. The Labute approximate surface area is 161 Å². The van der Waals surface area contributed by atoms with Crippen LogP contribution in [0.4, 0.5) is 0 Å². The van der Waals surface area contributed by atoms with E-state index in [9.17, 15) is 4.79 Å². The number of thioether (sulfide) groups is 1. The van der Waals surface area contributed by atoms with Crippen LogP contribution in [0.5, 0.6) is 11.5 Å². The smallest absolute Gasteiger partial charge is 0.233 e. The third-order valence-electron chi connectivity index (χ3n) is 4.77. The summed E-state index contributed by atoms with van der Waals surface area (Å²) in [4.78, 5) is 22.3. The number of benzene rings is 2. The average Bonchev–Trinajstić information content (AvgIpc) is 3.13. The van der Waals surface area contributed by atoms with Gasteiger partial charge in [0.15, 0.2) is 16.7 Å². The number of aromatic amines is 1. The first kappa shape index (κ1) is 17.7. The lowest BCUT2D eigenvalue weighted by molar-refractivity contribution is -0.129. The van der Waals surface area contributed by atoms with Crippen LogP contribution in [0.2, 0.25) is 0 Å². The molecule has 7 heteroatoms. The van der Waals surface area contributed by atoms with Gasteiger partial charge in [-0.15, -0.1) is 0 Å². The molecule has 1 aliphatic rings. The molecule has 0 unspecified atom stereocenters. The number of nitrogens with zero attached hydrogens (tertiary/aromatic N) is 2. The van der Waals surface area contributed by atoms with E-state index in [-0.39, 0.29) is 5.91 Å². The van der Waals surface area contributed by atoms with Gasteiger partial charge in [-0.1, -0.05) is 23.9 Å². The van der Waals surface area contributed by atoms with Gasteiger partial charge in [-0.25, -0.2) is 4.98 Å². The number of carbonyl (C=O) groups excluding carboxylic acids is 1. The number of methoxy groups -OCH3 is 2. The number of fused-ring (bicyclic) bond motifs is 2. The molecule has 0 saturated heterocycles. The van der Waals surface area contributed by atoms with E-state index in [1.165, 1.54) is 17.3 Å². The summed E-state index contributed by atoms with van der Waals surface area (Å²) in [6.45, 7) is 1.30. The van der Waals surface area contributed by atoms with Crippen LogP contribution in [-0.2, 0) is 17.8 Å². The molecule has 2 aromatic carbocycles. The Hall–Kier alpha value is -2.67. The van der Waals surface area contributed by atoms with Crippen LogP contribution in [0.1, 0.15) is 11.1 Å². The van der Waals surface area contributed by atoms with E-state index in [0.717, 1.165) is 33.9 Å². The van der Waals surface area contributed by atoms with E-state index in [1.807, 2.05) is 41.3 Å². The fraction of sp³-hybridized carbons (Fsp3) is 0.300. The average molecular weight is 383 g/mol. The fourth-order valence-electron chi connectivity index (χ4n) is 3.32. The van der Waals surface area contributed by atoms with Crippen molar-refractivity contribution in [1.29, 1.82) is 0 Å². The minimum atomic E-state index is 0.112. The topological polar surface area (TPSA) is 67.5 Å². The molecule has 4 rings (SSSR count). The zero-order valence-electron chi connectivity index (χ0n) is 15.3. The standard InChI is InChI=1S/C20H21N3O3S/c1-25-17-9-13-7-8-23(11-14(13)10-18(17)26-2)19(24)12-27-20-21-15-5-3-4-6-16(15)22-20/h3-6,9-10H,7-8,11-12H2,1-2H3,(H,21,22). The number of ether oxygens (including phenoxy) is 2. The molecule has 0 atom stereocenters. The number of nitrogens with one attached hydrogen (secondary N) is 1. The fourth-order valence-corrected chi connectivity index (χ4v) is 4.10. The van der Waals surface area contributed by atoms with Gasteiger partial charge in [-0.2, -0.15) is 0 Å². The summed E-state index contributed by atoms with van der Waals surface area (Å²) < 4.78 is 10.8. The highest BCUT2D eigenvalue weighted by Crippen LogP contribution is 2.33. The lowest BCUT2D eigenvalue weighted by Gasteiger charge is -2.29. The molecule has 3 aromatic rings. The highest BCUT2D eigenvalue weighted by atomic mass is 32.2. The number of aromatic nitrogens is 2. The van der Waals surface area contributed by atoms with Crippen molar-refractivity contribution in [1.82, 2.24) is 14.9 Å². The maximum absolute atomic E-state index is 12.7. The molecule has 0 spiro atoms. The second kappa shape index (κ2) is 7.52. The van der Waals surface area contributed by atoms with E-state index in [0.29, 0.717) is 24.6 Å². The summed E-state index contributed by atoms with van der Waals surface area (Å²) in [5.41, 5.74) is 4.23. The highest BCUT2D eigenvalue weighted by molar-refractivity contribution is 7.99. The van der Waals surface area contributed by atoms with Crippen LogP contribution in [0.3, 0.4) is 0 Å². The van der Waals surface area contributed by atoms with E-state index < -0.39 is 0 Å². The first-order valence-corrected chi connectivity index (χ1v) is 9.75. The lowest BCUT2D eigenvalue weighted by atomic mass is 9.99. The summed E-state index contributed by atoms with van der Waals surface area (Å²) in [5.74, 6) is 1.90. The summed E-state index contributed by atoms with van der Waals surface area (Å²) in [6, 6.07) is 11.9. The molecule has 27 heavy (non-hydrogen) atoms. The molecule has 140 valence electrons. The zero-order chi connectivity index (χ0) is 18.8. The van der Waals surface area contributed by atoms with Crippen molar-refractivity contribution in [3.63, 3.8) is 0 Å². The van der Waals surface area contributed by atoms with Gasteiger partial charge >= 0.3 is 0 Å². The molecule has 0 saturated carbocycles. The van der Waals surface area contributed by atoms with Gasteiger partial charge in [-0.05, 0) is 41.8 Å². The molecule has 1 amide bonds. The summed E-state index contributed by atoms with van der Waals surface area (Å²) in [5, 5.41) is 0.772. The monoisotopic (exact) mass is 383 g/mol. The molecule has 6 nitrogen and oxygen atoms in total. The van der Waals surface area contributed by atoms with Crippen molar-refractivity contribution in [2.45, 2.75) is 18.1 Å². The maximum atomic E-state index is 12.7. The van der Waals surface area contributed by atoms with Crippen molar-refractivity contribution in [3.8, 4) is 11.5 Å². The lowest BCUT2D eigenvalue weighted by Crippen LogP contribution is -2.37. The van der Waals surface area contributed by atoms with Gasteiger partial charge in [0.1, 0.15) is 0 Å². The summed E-state index contributed by atoms with van der Waals surface area (Å²) in [6.07, 6.45) is 0.816. The van der Waals surface area contributed by atoms with Crippen LogP contribution in [0.15, 0.2) is 41.6 Å². The first-order valence-electron chi connectivity index (χ1n) is 8.77. The van der Waals surface area contributed by atoms with Crippen molar-refractivity contribution in [2.24, 2.45) is 0 Å². The zero-order valence-corrected chi connectivity index (χ0v) is 16.1. The van der Waals surface area contributed by atoms with Gasteiger partial charge in [-0.3, -0.25) is 4.79 Å². The van der Waals surface area contributed by atoms with E-state index in [1.54, 1.807) is 14.2 Å². The Morgan fingerprint density at radius 3 is 2.67 bits per heavy atom. The van der Waals surface area contributed by atoms with Gasteiger partial charge in [0.2, 0.25) is 5.91 Å². The Balaban J connectivity index is 1.43. The van der Waals surface area contributed by atoms with Crippen LogP contribution in [0, 0.1) is 0 Å². The minimum Gasteiger partial charge on any atom is -0.493 e. The van der Waals surface area contributed by atoms with E-state index in [2.05, 4.69) is 9.97 Å². The molecule has 1 aromatic heterocycles. The number of imidazole rings is 1. The van der Waals surface area contributed by atoms with Crippen molar-refractivity contribution in [3.05, 3.63) is 47.5 Å². The molecule has 0 aliphatic carbocycles. The number of hydrogen-bond acceptors (Lipinski definition) is 5. The van der Waals surface area contributed by atoms with Crippen molar-refractivity contribution < 1.29 is 14.3 Å². The van der Waals surface area contributed by atoms with E-state index >= 15 is 0 Å². The second-order valence-electron chi connectivity index (χ2n) is 6.39. The summed E-state index contributed by atoms with van der Waals surface area (Å²) >= 11 is 1.44. The van der Waals surface area contributed by atoms with Crippen LogP contribution in [0.25, 0.3) is 11.0 Å². The molecule has 0 bridgehead atoms. The third kappa shape index (κ3) is 3.60. The molecule has 1 N–H and O–H groups in total. The Bertz CT molecular complexity index is 953. The SMILES string of the molecule is COc1cc2c(cc1OC)CN(C(=O)CSc1nc3ccccc3[nH]1)CC2. The minimum absolute atomic E-state index is 0.112. The number of rotatable bonds is 5. The van der Waals surface area contributed by atoms with Crippen LogP contribution < -0.4 is 9.47 Å². The van der Waals surface area contributed by atoms with E-state index in [4.69, 9.17) is 9.47 Å². The van der Waals surface area contributed by atoms with Gasteiger partial charge in [0.25, 0.3) is 0 Å². The molecular formula is C20H21N3O3S. The predicted octanol–water partition coefficient (Wildman–Crippen LogP) is 3.26. The van der Waals surface area contributed by atoms with Gasteiger partial charge in [0, 0.05) is 13.1 Å². The van der Waals surface area contributed by atoms with Crippen molar-refractivity contribution in [2.75, 3.05) is 26.5 Å². The third-order valence-corrected chi connectivity index (χ3v) is 5.63. The van der Waals surface area contributed by atoms with Gasteiger partial charge < -0.3 is 19.4 Å². The van der Waals surface area contributed by atoms with Crippen LogP contribution >= 0.6 is 11.8 Å². The number of H-pyrrole nitrogens is 1. The number of hydrogen-bond donors (Lipinski definition) is 1. The number of carbonyl (C=O) groups is 1. The van der Waals surface area contributed by atoms with Crippen LogP contribution in [-0.4, -0.2) is 47.3 Å². The van der Waals surface area contributed by atoms with Gasteiger partial charge in [0.05, 0.1) is 31.0 Å². The Kier molecular flexibility index (Phi) is 4.94. The number of amides is 1. The van der Waals surface area contributed by atoms with Crippen molar-refractivity contribution >= 4 is 28.7 Å². The number of para-hydroxylation sites is 2. The first-order chi connectivity index (χ1) is 13.2. The second-order valence-corrected chi connectivity index (χ2v) is 7.35. The molecule has 1 aliphatic heterocycles. The largest absolute Gasteiger partial charge is 0.493 e. The maximum Gasteiger partial charge on any atom is 0.233 e. The molecule has 0 fully saturated rings. The summed E-state index contributed by atoms with van der Waals surface area (Å²) in [7, 11) is 3.26. The molecular weight excluding hydrogens is 362 g/mol. The normalized spacial score (nSPS) is 13.5.